The van der Waals surface area contributed by atoms with Gasteiger partial charge in [0.15, 0.2) is 0 Å². The van der Waals surface area contributed by atoms with E-state index in [9.17, 15) is 18.5 Å². The first-order chi connectivity index (χ1) is 11.6. The quantitative estimate of drug-likeness (QED) is 0.843. The van der Waals surface area contributed by atoms with Gasteiger partial charge in [-0.1, -0.05) is 0 Å². The number of benzene rings is 1. The maximum Gasteiger partial charge on any atom is 0.231 e. The number of rotatable bonds is 4. The summed E-state index contributed by atoms with van der Waals surface area (Å²) in [7, 11) is -1.26. The molecule has 0 aromatic heterocycles. The Balaban J connectivity index is 1.67. The number of hydrogen-bond acceptors (Lipinski definition) is 4. The van der Waals surface area contributed by atoms with Gasteiger partial charge in [-0.05, 0) is 56.6 Å². The normalized spacial score (nSPS) is 24.8. The van der Waals surface area contributed by atoms with E-state index in [1.807, 2.05) is 0 Å². The second-order valence-electron chi connectivity index (χ2n) is 6.60. The predicted molar refractivity (Wildman–Crippen MR) is 89.4 cm³/mol. The summed E-state index contributed by atoms with van der Waals surface area (Å²) in [5.74, 6) is -0.375. The van der Waals surface area contributed by atoms with Gasteiger partial charge >= 0.3 is 0 Å². The fraction of sp³-hybridized carbons (Fsp3) is 0.588. The Bertz CT molecular complexity index is 617. The Kier molecular flexibility index (Phi) is 5.32. The molecule has 132 valence electrons. The van der Waals surface area contributed by atoms with Crippen molar-refractivity contribution in [2.24, 2.45) is 5.41 Å². The van der Waals surface area contributed by atoms with E-state index in [2.05, 4.69) is 5.32 Å². The fourth-order valence-corrected chi connectivity index (χ4v) is 4.95. The van der Waals surface area contributed by atoms with Gasteiger partial charge in [0.1, 0.15) is 5.82 Å². The summed E-state index contributed by atoms with van der Waals surface area (Å²) in [4.78, 5) is 15.2. The number of aliphatic hydroxyl groups excluding tert-OH is 1. The van der Waals surface area contributed by atoms with E-state index in [0.29, 0.717) is 37.2 Å². The van der Waals surface area contributed by atoms with E-state index < -0.39 is 16.2 Å². The van der Waals surface area contributed by atoms with Gasteiger partial charge in [0.05, 0.1) is 28.1 Å². The minimum Gasteiger partial charge on any atom is -0.395 e. The molecule has 2 saturated heterocycles. The molecule has 2 aliphatic rings. The number of amides is 1. The molecule has 1 amide bonds. The Morgan fingerprint density at radius 3 is 2.62 bits per heavy atom. The molecule has 2 N–H and O–H groups in total. The summed E-state index contributed by atoms with van der Waals surface area (Å²) in [6, 6.07) is 5.69. The number of hydrogen-bond donors (Lipinski definition) is 2. The third-order valence-corrected chi connectivity index (χ3v) is 6.82. The lowest BCUT2D eigenvalue weighted by atomic mass is 9.78. The smallest absolute Gasteiger partial charge is 0.231 e. The van der Waals surface area contributed by atoms with Crippen LogP contribution in [0, 0.1) is 11.2 Å². The third kappa shape index (κ3) is 3.38. The van der Waals surface area contributed by atoms with Gasteiger partial charge in [-0.15, -0.1) is 0 Å². The van der Waals surface area contributed by atoms with Crippen LogP contribution < -0.4 is 5.32 Å². The maximum absolute atomic E-state index is 13.0. The van der Waals surface area contributed by atoms with Crippen molar-refractivity contribution in [3.05, 3.63) is 30.1 Å². The van der Waals surface area contributed by atoms with E-state index in [0.717, 1.165) is 13.1 Å². The van der Waals surface area contributed by atoms with Crippen LogP contribution in [0.2, 0.25) is 0 Å². The SMILES string of the molecule is O=C(N1CCC(S(=O)c2ccc(F)cc2)C1)C1(CO)CCNCC1. The van der Waals surface area contributed by atoms with E-state index in [1.165, 1.54) is 24.3 Å². The van der Waals surface area contributed by atoms with Crippen LogP contribution in [-0.4, -0.2) is 58.2 Å². The lowest BCUT2D eigenvalue weighted by molar-refractivity contribution is -0.145. The van der Waals surface area contributed by atoms with Crippen molar-refractivity contribution in [2.45, 2.75) is 29.4 Å². The van der Waals surface area contributed by atoms with Gasteiger partial charge < -0.3 is 15.3 Å². The number of halogens is 1. The van der Waals surface area contributed by atoms with Crippen molar-refractivity contribution >= 4 is 16.7 Å². The van der Waals surface area contributed by atoms with Gasteiger partial charge in [0.25, 0.3) is 0 Å². The number of carbonyl (C=O) groups is 1. The molecule has 0 spiro atoms. The second kappa shape index (κ2) is 7.29. The van der Waals surface area contributed by atoms with Crippen LogP contribution in [0.1, 0.15) is 19.3 Å². The van der Waals surface area contributed by atoms with E-state index >= 15 is 0 Å². The van der Waals surface area contributed by atoms with Crippen LogP contribution in [-0.2, 0) is 15.6 Å². The van der Waals surface area contributed by atoms with Crippen molar-refractivity contribution in [3.8, 4) is 0 Å². The number of carbonyl (C=O) groups excluding carboxylic acids is 1. The molecule has 24 heavy (non-hydrogen) atoms. The fourth-order valence-electron chi connectivity index (χ4n) is 3.53. The van der Waals surface area contributed by atoms with Crippen molar-refractivity contribution in [1.29, 1.82) is 0 Å². The molecular weight excluding hydrogens is 331 g/mol. The average Bonchev–Trinajstić information content (AvgIpc) is 3.11. The highest BCUT2D eigenvalue weighted by molar-refractivity contribution is 7.85. The Hall–Kier alpha value is -1.31. The first-order valence-electron chi connectivity index (χ1n) is 8.33. The highest BCUT2D eigenvalue weighted by atomic mass is 32.2. The van der Waals surface area contributed by atoms with Gasteiger partial charge in [-0.2, -0.15) is 0 Å². The molecule has 3 rings (SSSR count). The average molecular weight is 354 g/mol. The van der Waals surface area contributed by atoms with Crippen LogP contribution >= 0.6 is 0 Å². The number of nitrogens with one attached hydrogen (secondary N) is 1. The summed E-state index contributed by atoms with van der Waals surface area (Å²) in [6.45, 7) is 2.30. The summed E-state index contributed by atoms with van der Waals surface area (Å²) < 4.78 is 25.6. The number of piperidine rings is 1. The minimum atomic E-state index is -1.26. The summed E-state index contributed by atoms with van der Waals surface area (Å²) in [5.41, 5.74) is -0.697. The van der Waals surface area contributed by atoms with Crippen molar-refractivity contribution in [3.63, 3.8) is 0 Å². The first-order valence-corrected chi connectivity index (χ1v) is 9.54. The monoisotopic (exact) mass is 354 g/mol. The van der Waals surface area contributed by atoms with Crippen LogP contribution in [0.3, 0.4) is 0 Å². The topological polar surface area (TPSA) is 69.6 Å². The molecule has 0 radical (unpaired) electrons. The summed E-state index contributed by atoms with van der Waals surface area (Å²) in [6.07, 6.45) is 1.92. The van der Waals surface area contributed by atoms with E-state index in [1.54, 1.807) is 4.90 Å². The molecule has 1 aromatic carbocycles. The van der Waals surface area contributed by atoms with Crippen molar-refractivity contribution in [1.82, 2.24) is 10.2 Å². The highest BCUT2D eigenvalue weighted by Gasteiger charge is 2.44. The minimum absolute atomic E-state index is 0.0230. The second-order valence-corrected chi connectivity index (χ2v) is 8.33. The Morgan fingerprint density at radius 2 is 2.00 bits per heavy atom. The van der Waals surface area contributed by atoms with Gasteiger partial charge in [-0.3, -0.25) is 9.00 Å². The molecule has 7 heteroatoms. The van der Waals surface area contributed by atoms with Gasteiger partial charge in [0.2, 0.25) is 5.91 Å². The summed E-state index contributed by atoms with van der Waals surface area (Å²) >= 11 is 0. The van der Waals surface area contributed by atoms with Crippen LogP contribution in [0.15, 0.2) is 29.2 Å². The largest absolute Gasteiger partial charge is 0.395 e. The molecule has 0 aliphatic carbocycles. The highest BCUT2D eigenvalue weighted by Crippen LogP contribution is 2.33. The van der Waals surface area contributed by atoms with Crippen molar-refractivity contribution in [2.75, 3.05) is 32.8 Å². The van der Waals surface area contributed by atoms with E-state index in [4.69, 9.17) is 0 Å². The lowest BCUT2D eigenvalue weighted by Gasteiger charge is -2.37. The molecule has 2 aliphatic heterocycles. The zero-order valence-electron chi connectivity index (χ0n) is 13.5. The number of nitrogens with zero attached hydrogens (tertiary/aromatic N) is 1. The number of aliphatic hydroxyl groups is 1. The molecule has 5 nitrogen and oxygen atoms in total. The van der Waals surface area contributed by atoms with Gasteiger partial charge in [0, 0.05) is 18.0 Å². The Labute approximate surface area is 143 Å². The van der Waals surface area contributed by atoms with Crippen LogP contribution in [0.25, 0.3) is 0 Å². The maximum atomic E-state index is 13.0. The molecule has 1 aromatic rings. The number of likely N-dealkylation sites (tertiary alicyclic amines) is 1. The predicted octanol–water partition coefficient (Wildman–Crippen LogP) is 0.896. The zero-order valence-corrected chi connectivity index (χ0v) is 14.4. The van der Waals surface area contributed by atoms with Gasteiger partial charge in [-0.25, -0.2) is 4.39 Å². The van der Waals surface area contributed by atoms with Crippen LogP contribution in [0.5, 0.6) is 0 Å². The molecular formula is C17H23FN2O3S. The first kappa shape index (κ1) is 17.5. The standard InChI is InChI=1S/C17H23FN2O3S/c18-13-1-3-14(4-2-13)24(23)15-5-10-20(11-15)16(22)17(12-21)6-8-19-9-7-17/h1-4,15,19,21H,5-12H2. The zero-order chi connectivity index (χ0) is 17.2. The Morgan fingerprint density at radius 1 is 1.33 bits per heavy atom. The summed E-state index contributed by atoms with van der Waals surface area (Å²) in [5, 5.41) is 12.9. The van der Waals surface area contributed by atoms with E-state index in [-0.39, 0.29) is 23.6 Å². The molecule has 2 atom stereocenters. The lowest BCUT2D eigenvalue weighted by Crippen LogP contribution is -2.51. The molecule has 0 bridgehead atoms. The van der Waals surface area contributed by atoms with Crippen LogP contribution in [0.4, 0.5) is 4.39 Å². The third-order valence-electron chi connectivity index (χ3n) is 5.10. The molecule has 2 heterocycles. The van der Waals surface area contributed by atoms with Crippen molar-refractivity contribution < 1.29 is 18.5 Å². The molecule has 2 fully saturated rings. The molecule has 2 unspecified atom stereocenters. The molecule has 0 saturated carbocycles.